The summed E-state index contributed by atoms with van der Waals surface area (Å²) in [6.45, 7) is 5.24. The van der Waals surface area contributed by atoms with Crippen LogP contribution in [0.15, 0.2) is 4.99 Å². The minimum absolute atomic E-state index is 0.138. The van der Waals surface area contributed by atoms with Crippen LogP contribution in [0.5, 0.6) is 0 Å². The van der Waals surface area contributed by atoms with E-state index in [1.54, 1.807) is 0 Å². The van der Waals surface area contributed by atoms with E-state index in [-0.39, 0.29) is 5.54 Å². The monoisotopic (exact) mass is 169 g/mol. The normalized spacial score (nSPS) is 28.3. The number of guanidine groups is 1. The van der Waals surface area contributed by atoms with Crippen molar-refractivity contribution in [2.75, 3.05) is 6.54 Å². The van der Waals surface area contributed by atoms with Gasteiger partial charge in [-0.3, -0.25) is 4.99 Å². The van der Waals surface area contributed by atoms with Crippen LogP contribution in [0.1, 0.15) is 39.5 Å². The van der Waals surface area contributed by atoms with Crippen LogP contribution in [-0.2, 0) is 0 Å². The average Bonchev–Trinajstić information content (AvgIpc) is 2.32. The van der Waals surface area contributed by atoms with E-state index in [9.17, 15) is 0 Å². The number of unbranched alkanes of at least 4 members (excludes halogenated alkanes) is 2. The summed E-state index contributed by atoms with van der Waals surface area (Å²) < 4.78 is 0. The van der Waals surface area contributed by atoms with Crippen LogP contribution in [-0.4, -0.2) is 18.0 Å². The zero-order chi connectivity index (χ0) is 9.03. The molecule has 0 bridgehead atoms. The number of aliphatic imine (C=N–C) groups is 1. The van der Waals surface area contributed by atoms with Crippen molar-refractivity contribution < 1.29 is 0 Å². The van der Waals surface area contributed by atoms with Gasteiger partial charge in [0.25, 0.3) is 0 Å². The Morgan fingerprint density at radius 3 is 2.83 bits per heavy atom. The molecule has 0 aromatic heterocycles. The Morgan fingerprint density at radius 2 is 2.33 bits per heavy atom. The van der Waals surface area contributed by atoms with E-state index in [2.05, 4.69) is 24.2 Å². The minimum atomic E-state index is 0.138. The molecule has 0 amide bonds. The molecule has 0 fully saturated rings. The molecule has 0 spiro atoms. The fourth-order valence-electron chi connectivity index (χ4n) is 1.55. The van der Waals surface area contributed by atoms with Gasteiger partial charge in [0.1, 0.15) is 0 Å². The summed E-state index contributed by atoms with van der Waals surface area (Å²) in [5.41, 5.74) is 5.69. The molecule has 12 heavy (non-hydrogen) atoms. The second-order valence-corrected chi connectivity index (χ2v) is 3.84. The molecule has 3 nitrogen and oxygen atoms in total. The van der Waals surface area contributed by atoms with Crippen LogP contribution in [0.25, 0.3) is 0 Å². The zero-order valence-electron chi connectivity index (χ0n) is 8.06. The topological polar surface area (TPSA) is 50.4 Å². The van der Waals surface area contributed by atoms with Crippen LogP contribution in [0, 0.1) is 0 Å². The summed E-state index contributed by atoms with van der Waals surface area (Å²) in [5.74, 6) is 0.606. The van der Waals surface area contributed by atoms with Gasteiger partial charge in [0.05, 0.1) is 12.1 Å². The Morgan fingerprint density at radius 1 is 1.58 bits per heavy atom. The predicted octanol–water partition coefficient (Wildman–Crippen LogP) is 1.24. The molecule has 1 aliphatic heterocycles. The van der Waals surface area contributed by atoms with E-state index in [4.69, 9.17) is 5.73 Å². The van der Waals surface area contributed by atoms with Crippen LogP contribution >= 0.6 is 0 Å². The lowest BCUT2D eigenvalue weighted by Gasteiger charge is -2.23. The van der Waals surface area contributed by atoms with E-state index >= 15 is 0 Å². The van der Waals surface area contributed by atoms with Crippen molar-refractivity contribution in [1.29, 1.82) is 0 Å². The highest BCUT2D eigenvalue weighted by atomic mass is 15.2. The summed E-state index contributed by atoms with van der Waals surface area (Å²) >= 11 is 0. The summed E-state index contributed by atoms with van der Waals surface area (Å²) in [5, 5.41) is 3.22. The quantitative estimate of drug-likeness (QED) is 0.622. The van der Waals surface area contributed by atoms with E-state index in [1.165, 1.54) is 25.7 Å². The molecule has 1 aliphatic rings. The summed E-state index contributed by atoms with van der Waals surface area (Å²) in [6, 6.07) is 0. The molecule has 0 aromatic carbocycles. The first-order valence-electron chi connectivity index (χ1n) is 4.74. The second-order valence-electron chi connectivity index (χ2n) is 3.84. The van der Waals surface area contributed by atoms with Crippen molar-refractivity contribution in [3.05, 3.63) is 0 Å². The maximum atomic E-state index is 5.55. The lowest BCUT2D eigenvalue weighted by molar-refractivity contribution is 0.400. The second kappa shape index (κ2) is 3.78. The molecule has 1 unspecified atom stereocenters. The number of nitrogens with two attached hydrogens (primary N) is 1. The number of rotatable bonds is 4. The molecule has 1 rings (SSSR count). The zero-order valence-corrected chi connectivity index (χ0v) is 8.06. The van der Waals surface area contributed by atoms with Gasteiger partial charge >= 0.3 is 0 Å². The van der Waals surface area contributed by atoms with Gasteiger partial charge in [-0.15, -0.1) is 0 Å². The third kappa shape index (κ3) is 2.40. The highest BCUT2D eigenvalue weighted by Crippen LogP contribution is 2.17. The molecule has 1 heterocycles. The van der Waals surface area contributed by atoms with Crippen molar-refractivity contribution in [2.24, 2.45) is 10.7 Å². The van der Waals surface area contributed by atoms with Gasteiger partial charge < -0.3 is 11.1 Å². The Labute approximate surface area is 74.4 Å². The maximum Gasteiger partial charge on any atom is 0.189 e. The van der Waals surface area contributed by atoms with E-state index in [1.807, 2.05) is 0 Å². The highest BCUT2D eigenvalue weighted by Gasteiger charge is 2.28. The van der Waals surface area contributed by atoms with Gasteiger partial charge in [-0.2, -0.15) is 0 Å². The van der Waals surface area contributed by atoms with E-state index < -0.39 is 0 Å². The molecule has 70 valence electrons. The number of hydrogen-bond acceptors (Lipinski definition) is 3. The predicted molar refractivity (Wildman–Crippen MR) is 52.2 cm³/mol. The van der Waals surface area contributed by atoms with Gasteiger partial charge in [0.2, 0.25) is 0 Å². The summed E-state index contributed by atoms with van der Waals surface area (Å²) in [4.78, 5) is 4.15. The Balaban J connectivity index is 2.23. The minimum Gasteiger partial charge on any atom is -0.370 e. The number of nitrogens with zero attached hydrogens (tertiary/aromatic N) is 1. The number of nitrogens with one attached hydrogen (secondary N) is 1. The SMILES string of the molecule is CCCCCC1(C)CN=C(N)N1. The molecule has 0 aliphatic carbocycles. The van der Waals surface area contributed by atoms with E-state index in [0.717, 1.165) is 6.54 Å². The van der Waals surface area contributed by atoms with Crippen molar-refractivity contribution >= 4 is 5.96 Å². The standard InChI is InChI=1S/C9H19N3/c1-3-4-5-6-9(2)7-11-8(10)12-9/h3-7H2,1-2H3,(H3,10,11,12). The molecule has 1 atom stereocenters. The first kappa shape index (κ1) is 9.36. The number of hydrogen-bond donors (Lipinski definition) is 2. The average molecular weight is 169 g/mol. The van der Waals surface area contributed by atoms with Crippen LogP contribution in [0.2, 0.25) is 0 Å². The smallest absolute Gasteiger partial charge is 0.189 e. The van der Waals surface area contributed by atoms with Crippen molar-refractivity contribution in [1.82, 2.24) is 5.32 Å². The lowest BCUT2D eigenvalue weighted by Crippen LogP contribution is -2.45. The summed E-state index contributed by atoms with van der Waals surface area (Å²) in [6.07, 6.45) is 5.01. The Bertz CT molecular complexity index is 177. The molecular formula is C9H19N3. The van der Waals surface area contributed by atoms with Crippen molar-refractivity contribution in [2.45, 2.75) is 45.1 Å². The molecule has 0 saturated carbocycles. The van der Waals surface area contributed by atoms with Gasteiger partial charge in [-0.05, 0) is 13.3 Å². The molecule has 0 saturated heterocycles. The van der Waals surface area contributed by atoms with Gasteiger partial charge in [-0.25, -0.2) is 0 Å². The van der Waals surface area contributed by atoms with Gasteiger partial charge in [0.15, 0.2) is 5.96 Å². The van der Waals surface area contributed by atoms with Gasteiger partial charge in [-0.1, -0.05) is 26.2 Å². The third-order valence-corrected chi connectivity index (χ3v) is 2.36. The first-order chi connectivity index (χ1) is 5.66. The molecule has 3 N–H and O–H groups in total. The van der Waals surface area contributed by atoms with Crippen LogP contribution in [0.4, 0.5) is 0 Å². The lowest BCUT2D eigenvalue weighted by atomic mass is 9.95. The van der Waals surface area contributed by atoms with E-state index in [0.29, 0.717) is 5.96 Å². The maximum absolute atomic E-state index is 5.55. The van der Waals surface area contributed by atoms with Crippen LogP contribution < -0.4 is 11.1 Å². The van der Waals surface area contributed by atoms with Crippen molar-refractivity contribution in [3.63, 3.8) is 0 Å². The van der Waals surface area contributed by atoms with Crippen molar-refractivity contribution in [3.8, 4) is 0 Å². The summed E-state index contributed by atoms with van der Waals surface area (Å²) in [7, 11) is 0. The molecule has 0 radical (unpaired) electrons. The molecular weight excluding hydrogens is 150 g/mol. The first-order valence-corrected chi connectivity index (χ1v) is 4.74. The molecule has 0 aromatic rings. The Hall–Kier alpha value is -0.730. The van der Waals surface area contributed by atoms with Crippen LogP contribution in [0.3, 0.4) is 0 Å². The third-order valence-electron chi connectivity index (χ3n) is 2.36. The fraction of sp³-hybridized carbons (Fsp3) is 0.889. The fourth-order valence-corrected chi connectivity index (χ4v) is 1.55. The molecule has 3 heteroatoms. The highest BCUT2D eigenvalue weighted by molar-refractivity contribution is 5.80. The largest absolute Gasteiger partial charge is 0.370 e. The Kier molecular flexibility index (Phi) is 2.95. The van der Waals surface area contributed by atoms with Gasteiger partial charge in [0, 0.05) is 0 Å².